The summed E-state index contributed by atoms with van der Waals surface area (Å²) in [5.74, 6) is 0. The van der Waals surface area contributed by atoms with Crippen LogP contribution in [-0.2, 0) is 0 Å². The molecule has 0 spiro atoms. The van der Waals surface area contributed by atoms with Crippen molar-refractivity contribution in [3.8, 4) is 16.8 Å². The first kappa shape index (κ1) is 23.7. The summed E-state index contributed by atoms with van der Waals surface area (Å²) in [6.45, 7) is 0. The third-order valence-electron chi connectivity index (χ3n) is 9.36. The molecule has 0 amide bonds. The number of para-hydroxylation sites is 2. The van der Waals surface area contributed by atoms with Gasteiger partial charge in [0.1, 0.15) is 11.2 Å². The van der Waals surface area contributed by atoms with E-state index in [1.54, 1.807) is 0 Å². The Morgan fingerprint density at radius 1 is 0.364 bits per heavy atom. The Hall–Kier alpha value is -5.86. The Bertz CT molecular complexity index is 2730. The van der Waals surface area contributed by atoms with Gasteiger partial charge in [-0.3, -0.25) is 0 Å². The van der Waals surface area contributed by atoms with Crippen LogP contribution in [0.3, 0.4) is 0 Å². The van der Waals surface area contributed by atoms with Crippen LogP contribution in [0.5, 0.6) is 0 Å². The van der Waals surface area contributed by atoms with Crippen LogP contribution >= 0.6 is 0 Å². The van der Waals surface area contributed by atoms with Crippen molar-refractivity contribution in [2.45, 2.75) is 0 Å². The van der Waals surface area contributed by atoms with Crippen LogP contribution in [0.25, 0.3) is 92.9 Å². The Morgan fingerprint density at radius 2 is 0.909 bits per heavy atom. The largest absolute Gasteiger partial charge is 0.456 e. The summed E-state index contributed by atoms with van der Waals surface area (Å²) in [6, 6.07) is 54.8. The number of hydrogen-bond donors (Lipinski definition) is 0. The van der Waals surface area contributed by atoms with Crippen LogP contribution < -0.4 is 0 Å². The summed E-state index contributed by atoms with van der Waals surface area (Å²) in [5.41, 5.74) is 7.76. The van der Waals surface area contributed by atoms with E-state index in [1.165, 1.54) is 65.3 Å². The third kappa shape index (κ3) is 3.20. The maximum atomic E-state index is 6.33. The smallest absolute Gasteiger partial charge is 0.137 e. The van der Waals surface area contributed by atoms with Crippen LogP contribution in [0.2, 0.25) is 0 Å². The number of nitrogens with zero attached hydrogens (tertiary/aromatic N) is 1. The van der Waals surface area contributed by atoms with E-state index in [2.05, 4.69) is 150 Å². The van der Waals surface area contributed by atoms with E-state index < -0.39 is 0 Å². The predicted molar refractivity (Wildman–Crippen MR) is 186 cm³/mol. The van der Waals surface area contributed by atoms with E-state index in [9.17, 15) is 0 Å². The fourth-order valence-corrected chi connectivity index (χ4v) is 7.43. The normalized spacial score (nSPS) is 12.1. The summed E-state index contributed by atoms with van der Waals surface area (Å²) in [5, 5.41) is 12.5. The molecule has 2 heterocycles. The van der Waals surface area contributed by atoms with E-state index >= 15 is 0 Å². The van der Waals surface area contributed by atoms with Gasteiger partial charge in [-0.15, -0.1) is 0 Å². The molecule has 10 rings (SSSR count). The maximum absolute atomic E-state index is 6.33. The molecular weight excluding hydrogens is 534 g/mol. The lowest BCUT2D eigenvalue weighted by molar-refractivity contribution is 0.669. The first-order chi connectivity index (χ1) is 21.8. The second-order valence-corrected chi connectivity index (χ2v) is 11.7. The topological polar surface area (TPSA) is 18.1 Å². The molecule has 2 heteroatoms. The molecule has 8 aromatic carbocycles. The second-order valence-electron chi connectivity index (χ2n) is 11.7. The Labute approximate surface area is 253 Å². The molecule has 0 bridgehead atoms. The molecule has 0 saturated carbocycles. The van der Waals surface area contributed by atoms with Gasteiger partial charge >= 0.3 is 0 Å². The molecule has 0 N–H and O–H groups in total. The lowest BCUT2D eigenvalue weighted by atomic mass is 9.92. The van der Waals surface area contributed by atoms with Crippen LogP contribution in [0.4, 0.5) is 0 Å². The van der Waals surface area contributed by atoms with Crippen LogP contribution in [0.15, 0.2) is 156 Å². The molecule has 10 aromatic rings. The van der Waals surface area contributed by atoms with Gasteiger partial charge in [-0.05, 0) is 92.0 Å². The zero-order valence-electron chi connectivity index (χ0n) is 23.8. The Balaban J connectivity index is 1.29. The molecule has 44 heavy (non-hydrogen) atoms. The quantitative estimate of drug-likeness (QED) is 0.193. The SMILES string of the molecule is c1ccc(-n2c3ccc(-c4ccc5c6ccccc6c6ccccc6c5c4)cc3c3ccc4oc5ccccc5c4c32)cc1. The van der Waals surface area contributed by atoms with Crippen molar-refractivity contribution < 1.29 is 4.42 Å². The molecule has 0 radical (unpaired) electrons. The highest BCUT2D eigenvalue weighted by Crippen LogP contribution is 2.43. The van der Waals surface area contributed by atoms with E-state index in [1.807, 2.05) is 6.07 Å². The number of benzene rings is 8. The zero-order chi connectivity index (χ0) is 28.8. The number of aromatic nitrogens is 1. The summed E-state index contributed by atoms with van der Waals surface area (Å²) in [4.78, 5) is 0. The fourth-order valence-electron chi connectivity index (χ4n) is 7.43. The molecular formula is C42H25NO. The molecule has 0 aliphatic heterocycles. The van der Waals surface area contributed by atoms with Crippen molar-refractivity contribution in [1.82, 2.24) is 4.57 Å². The summed E-state index contributed by atoms with van der Waals surface area (Å²) < 4.78 is 8.74. The highest BCUT2D eigenvalue weighted by Gasteiger charge is 2.19. The minimum Gasteiger partial charge on any atom is -0.456 e. The molecule has 0 unspecified atom stereocenters. The first-order valence-electron chi connectivity index (χ1n) is 15.1. The average Bonchev–Trinajstić information content (AvgIpc) is 3.64. The van der Waals surface area contributed by atoms with Gasteiger partial charge in [-0.1, -0.05) is 103 Å². The standard InChI is InChI=1S/C42H25NO/c1-2-10-28(11-3-1)43-38-22-19-27(25-37(38)34-21-23-40-41(42(34)43)35-16-8-9-17-39(35)44-40)26-18-20-33-31-14-5-4-12-29(31)30-13-6-7-15-32(30)36(33)24-26/h1-25H. The molecule has 204 valence electrons. The van der Waals surface area contributed by atoms with Gasteiger partial charge in [-0.2, -0.15) is 0 Å². The van der Waals surface area contributed by atoms with E-state index in [0.29, 0.717) is 0 Å². The van der Waals surface area contributed by atoms with Gasteiger partial charge in [0.15, 0.2) is 0 Å². The number of hydrogen-bond acceptors (Lipinski definition) is 1. The molecule has 2 aromatic heterocycles. The monoisotopic (exact) mass is 559 g/mol. The van der Waals surface area contributed by atoms with E-state index in [4.69, 9.17) is 4.42 Å². The molecule has 0 aliphatic carbocycles. The van der Waals surface area contributed by atoms with Gasteiger partial charge in [0.2, 0.25) is 0 Å². The van der Waals surface area contributed by atoms with Crippen LogP contribution in [0, 0.1) is 0 Å². The molecule has 0 aliphatic rings. The van der Waals surface area contributed by atoms with Gasteiger partial charge in [0, 0.05) is 21.8 Å². The van der Waals surface area contributed by atoms with Gasteiger partial charge in [0.25, 0.3) is 0 Å². The summed E-state index contributed by atoms with van der Waals surface area (Å²) >= 11 is 0. The minimum atomic E-state index is 0.910. The van der Waals surface area contributed by atoms with Crippen LogP contribution in [-0.4, -0.2) is 4.57 Å². The number of furan rings is 1. The summed E-state index contributed by atoms with van der Waals surface area (Å²) in [6.07, 6.45) is 0. The van der Waals surface area contributed by atoms with Crippen LogP contribution in [0.1, 0.15) is 0 Å². The molecule has 2 nitrogen and oxygen atoms in total. The molecule has 0 saturated heterocycles. The summed E-state index contributed by atoms with van der Waals surface area (Å²) in [7, 11) is 0. The van der Waals surface area contributed by atoms with E-state index in [0.717, 1.165) is 27.6 Å². The van der Waals surface area contributed by atoms with Gasteiger partial charge in [-0.25, -0.2) is 0 Å². The Kier molecular flexibility index (Phi) is 4.75. The lowest BCUT2D eigenvalue weighted by Crippen LogP contribution is -1.93. The third-order valence-corrected chi connectivity index (χ3v) is 9.36. The predicted octanol–water partition coefficient (Wildman–Crippen LogP) is 11.8. The molecule has 0 fully saturated rings. The highest BCUT2D eigenvalue weighted by atomic mass is 16.3. The van der Waals surface area contributed by atoms with Crippen molar-refractivity contribution in [3.63, 3.8) is 0 Å². The average molecular weight is 560 g/mol. The van der Waals surface area contributed by atoms with Gasteiger partial charge < -0.3 is 8.98 Å². The van der Waals surface area contributed by atoms with Gasteiger partial charge in [0.05, 0.1) is 16.4 Å². The highest BCUT2D eigenvalue weighted by molar-refractivity contribution is 6.27. The maximum Gasteiger partial charge on any atom is 0.137 e. The Morgan fingerprint density at radius 3 is 1.64 bits per heavy atom. The molecule has 0 atom stereocenters. The zero-order valence-corrected chi connectivity index (χ0v) is 23.8. The van der Waals surface area contributed by atoms with Crippen molar-refractivity contribution in [3.05, 3.63) is 152 Å². The van der Waals surface area contributed by atoms with Crippen molar-refractivity contribution in [2.75, 3.05) is 0 Å². The van der Waals surface area contributed by atoms with Crippen molar-refractivity contribution in [1.29, 1.82) is 0 Å². The second kappa shape index (κ2) is 8.82. The minimum absolute atomic E-state index is 0.910. The number of rotatable bonds is 2. The van der Waals surface area contributed by atoms with Crippen molar-refractivity contribution >= 4 is 76.1 Å². The van der Waals surface area contributed by atoms with E-state index in [-0.39, 0.29) is 0 Å². The first-order valence-corrected chi connectivity index (χ1v) is 15.1. The van der Waals surface area contributed by atoms with Crippen molar-refractivity contribution in [2.24, 2.45) is 0 Å². The number of fused-ring (bicyclic) bond motifs is 13. The fraction of sp³-hybridized carbons (Fsp3) is 0. The lowest BCUT2D eigenvalue weighted by Gasteiger charge is -2.12.